The maximum Gasteiger partial charge on any atom is 0.0657 e. The average molecular weight is 166 g/mol. The summed E-state index contributed by atoms with van der Waals surface area (Å²) < 4.78 is 0. The molecule has 1 aliphatic rings. The lowest BCUT2D eigenvalue weighted by Gasteiger charge is -2.43. The molecule has 0 amide bonds. The van der Waals surface area contributed by atoms with Crippen molar-refractivity contribution in [1.29, 1.82) is 5.26 Å². The third kappa shape index (κ3) is 1.78. The van der Waals surface area contributed by atoms with Crippen molar-refractivity contribution >= 4 is 0 Å². The van der Waals surface area contributed by atoms with Gasteiger partial charge in [0.05, 0.1) is 6.07 Å². The molecule has 0 spiro atoms. The van der Waals surface area contributed by atoms with Gasteiger partial charge < -0.3 is 0 Å². The Hall–Kier alpha value is -0.550. The molecule has 0 N–H and O–H groups in total. The van der Waals surface area contributed by atoms with E-state index in [1.807, 2.05) is 0 Å². The van der Waals surface area contributed by atoms with E-state index in [1.54, 1.807) is 0 Å². The topological polar surface area (TPSA) is 27.0 Å². The van der Waals surface area contributed by atoms with Gasteiger partial charge in [-0.15, -0.1) is 0 Å². The standard InChI is InChI=1S/C10H18N2/c1-4-12-6-5-9(8-11)7-10(12,2)3/h9H,4-7H2,1-3H3. The van der Waals surface area contributed by atoms with Gasteiger partial charge in [-0.1, -0.05) is 6.92 Å². The van der Waals surface area contributed by atoms with Crippen molar-refractivity contribution < 1.29 is 0 Å². The summed E-state index contributed by atoms with van der Waals surface area (Å²) in [6.07, 6.45) is 2.07. The lowest BCUT2D eigenvalue weighted by molar-refractivity contribution is 0.0660. The molecule has 1 heterocycles. The van der Waals surface area contributed by atoms with Crippen LogP contribution in [0.2, 0.25) is 0 Å². The summed E-state index contributed by atoms with van der Waals surface area (Å²) in [5.74, 6) is 0.280. The Morgan fingerprint density at radius 2 is 2.25 bits per heavy atom. The van der Waals surface area contributed by atoms with E-state index in [0.29, 0.717) is 0 Å². The van der Waals surface area contributed by atoms with Crippen LogP contribution in [0.5, 0.6) is 0 Å². The van der Waals surface area contributed by atoms with Crippen molar-refractivity contribution in [2.75, 3.05) is 13.1 Å². The fraction of sp³-hybridized carbons (Fsp3) is 0.900. The van der Waals surface area contributed by atoms with E-state index in [2.05, 4.69) is 31.7 Å². The van der Waals surface area contributed by atoms with E-state index < -0.39 is 0 Å². The molecule has 68 valence electrons. The van der Waals surface area contributed by atoms with Gasteiger partial charge in [-0.05, 0) is 39.8 Å². The van der Waals surface area contributed by atoms with E-state index in [4.69, 9.17) is 5.26 Å². The summed E-state index contributed by atoms with van der Waals surface area (Å²) in [6, 6.07) is 2.38. The van der Waals surface area contributed by atoms with Crippen LogP contribution in [0.15, 0.2) is 0 Å². The summed E-state index contributed by atoms with van der Waals surface area (Å²) in [5, 5.41) is 8.81. The van der Waals surface area contributed by atoms with Crippen LogP contribution < -0.4 is 0 Å². The lowest BCUT2D eigenvalue weighted by Crippen LogP contribution is -2.49. The largest absolute Gasteiger partial charge is 0.298 e. The Bertz CT molecular complexity index is 191. The molecule has 0 saturated carbocycles. The van der Waals surface area contributed by atoms with Gasteiger partial charge in [0.15, 0.2) is 0 Å². The van der Waals surface area contributed by atoms with Crippen molar-refractivity contribution in [1.82, 2.24) is 4.90 Å². The van der Waals surface area contributed by atoms with Crippen molar-refractivity contribution in [3.63, 3.8) is 0 Å². The van der Waals surface area contributed by atoms with E-state index in [0.717, 1.165) is 25.9 Å². The average Bonchev–Trinajstić information content (AvgIpc) is 2.02. The second-order valence-corrected chi connectivity index (χ2v) is 4.21. The highest BCUT2D eigenvalue weighted by molar-refractivity contribution is 4.96. The molecule has 0 radical (unpaired) electrons. The molecule has 1 rings (SSSR count). The molecule has 2 nitrogen and oxygen atoms in total. The second kappa shape index (κ2) is 3.45. The zero-order valence-corrected chi connectivity index (χ0v) is 8.30. The van der Waals surface area contributed by atoms with Crippen molar-refractivity contribution in [3.05, 3.63) is 0 Å². The molecule has 1 unspecified atom stereocenters. The molecule has 0 bridgehead atoms. The highest BCUT2D eigenvalue weighted by Gasteiger charge is 2.33. The van der Waals surface area contributed by atoms with E-state index in [-0.39, 0.29) is 11.5 Å². The first-order chi connectivity index (χ1) is 5.60. The Kier molecular flexibility index (Phi) is 2.74. The third-order valence-corrected chi connectivity index (χ3v) is 2.91. The highest BCUT2D eigenvalue weighted by Crippen LogP contribution is 2.30. The van der Waals surface area contributed by atoms with Gasteiger partial charge in [0.2, 0.25) is 0 Å². The number of hydrogen-bond donors (Lipinski definition) is 0. The summed E-state index contributed by atoms with van der Waals surface area (Å²) in [5.41, 5.74) is 0.230. The predicted molar refractivity (Wildman–Crippen MR) is 49.7 cm³/mol. The molecule has 1 fully saturated rings. The number of rotatable bonds is 1. The molecule has 0 aromatic heterocycles. The first kappa shape index (κ1) is 9.54. The fourth-order valence-electron chi connectivity index (χ4n) is 2.14. The monoisotopic (exact) mass is 166 g/mol. The Morgan fingerprint density at radius 3 is 2.67 bits per heavy atom. The first-order valence-corrected chi connectivity index (χ1v) is 4.75. The molecule has 0 aromatic rings. The SMILES string of the molecule is CCN1CCC(C#N)CC1(C)C. The quantitative estimate of drug-likeness (QED) is 0.596. The van der Waals surface area contributed by atoms with Gasteiger partial charge in [-0.2, -0.15) is 5.26 Å². The maximum absolute atomic E-state index is 8.81. The smallest absolute Gasteiger partial charge is 0.0657 e. The third-order valence-electron chi connectivity index (χ3n) is 2.91. The zero-order chi connectivity index (χ0) is 9.19. The molecule has 1 atom stereocenters. The number of piperidine rings is 1. The zero-order valence-electron chi connectivity index (χ0n) is 8.30. The van der Waals surface area contributed by atoms with Gasteiger partial charge in [-0.3, -0.25) is 4.90 Å². The molecule has 1 aliphatic heterocycles. The first-order valence-electron chi connectivity index (χ1n) is 4.75. The second-order valence-electron chi connectivity index (χ2n) is 4.21. The van der Waals surface area contributed by atoms with Gasteiger partial charge in [0.25, 0.3) is 0 Å². The summed E-state index contributed by atoms with van der Waals surface area (Å²) in [6.45, 7) is 8.85. The molecule has 12 heavy (non-hydrogen) atoms. The highest BCUT2D eigenvalue weighted by atomic mass is 15.2. The van der Waals surface area contributed by atoms with Crippen LogP contribution in [-0.4, -0.2) is 23.5 Å². The minimum Gasteiger partial charge on any atom is -0.298 e. The Morgan fingerprint density at radius 1 is 1.58 bits per heavy atom. The minimum absolute atomic E-state index is 0.230. The Labute approximate surface area is 75.2 Å². The summed E-state index contributed by atoms with van der Waals surface area (Å²) in [4.78, 5) is 2.46. The number of likely N-dealkylation sites (tertiary alicyclic amines) is 1. The fourth-order valence-corrected chi connectivity index (χ4v) is 2.14. The number of nitriles is 1. The molecular formula is C10H18N2. The van der Waals surface area contributed by atoms with Crippen LogP contribution in [-0.2, 0) is 0 Å². The van der Waals surface area contributed by atoms with E-state index >= 15 is 0 Å². The van der Waals surface area contributed by atoms with Crippen LogP contribution in [0.3, 0.4) is 0 Å². The van der Waals surface area contributed by atoms with Crippen LogP contribution in [0.25, 0.3) is 0 Å². The number of hydrogen-bond acceptors (Lipinski definition) is 2. The van der Waals surface area contributed by atoms with Gasteiger partial charge in [0.1, 0.15) is 0 Å². The Balaban J connectivity index is 2.62. The number of nitrogens with zero attached hydrogens (tertiary/aromatic N) is 2. The molecule has 2 heteroatoms. The van der Waals surface area contributed by atoms with E-state index in [9.17, 15) is 0 Å². The molecule has 0 aliphatic carbocycles. The molecular weight excluding hydrogens is 148 g/mol. The van der Waals surface area contributed by atoms with Gasteiger partial charge in [0, 0.05) is 11.5 Å². The van der Waals surface area contributed by atoms with Crippen molar-refractivity contribution in [3.8, 4) is 6.07 Å². The molecule has 1 saturated heterocycles. The minimum atomic E-state index is 0.230. The van der Waals surface area contributed by atoms with E-state index in [1.165, 1.54) is 0 Å². The van der Waals surface area contributed by atoms with Crippen molar-refractivity contribution in [2.45, 2.75) is 39.2 Å². The van der Waals surface area contributed by atoms with Crippen molar-refractivity contribution in [2.24, 2.45) is 5.92 Å². The molecule has 0 aromatic carbocycles. The lowest BCUT2D eigenvalue weighted by atomic mass is 9.83. The predicted octanol–water partition coefficient (Wildman–Crippen LogP) is 2.02. The normalized spacial score (nSPS) is 29.7. The van der Waals surface area contributed by atoms with Crippen LogP contribution >= 0.6 is 0 Å². The summed E-state index contributed by atoms with van der Waals surface area (Å²) >= 11 is 0. The van der Waals surface area contributed by atoms with Crippen LogP contribution in [0.4, 0.5) is 0 Å². The van der Waals surface area contributed by atoms with Crippen LogP contribution in [0, 0.1) is 17.2 Å². The van der Waals surface area contributed by atoms with Crippen LogP contribution in [0.1, 0.15) is 33.6 Å². The summed E-state index contributed by atoms with van der Waals surface area (Å²) in [7, 11) is 0. The maximum atomic E-state index is 8.81. The van der Waals surface area contributed by atoms with Gasteiger partial charge >= 0.3 is 0 Å². The van der Waals surface area contributed by atoms with Gasteiger partial charge in [-0.25, -0.2) is 0 Å².